The van der Waals surface area contributed by atoms with E-state index in [4.69, 9.17) is 28.4 Å². The largest absolute Gasteiger partial charge is 0.496 e. The second-order valence-corrected chi connectivity index (χ2v) is 22.8. The minimum Gasteiger partial charge on any atom is -0.496 e. The molecule has 0 aliphatic heterocycles. The van der Waals surface area contributed by atoms with Crippen molar-refractivity contribution in [3.63, 3.8) is 0 Å². The first-order valence-electron chi connectivity index (χ1n) is 29.3. The molecule has 0 bridgehead atoms. The van der Waals surface area contributed by atoms with Gasteiger partial charge in [-0.25, -0.2) is 24.5 Å². The molecule has 0 amide bonds. The molecule has 11 rings (SSSR count). The van der Waals surface area contributed by atoms with Crippen molar-refractivity contribution in [1.82, 2.24) is 57.9 Å². The molecule has 0 saturated carbocycles. The average molecular weight is 1410 g/mol. The van der Waals surface area contributed by atoms with Crippen molar-refractivity contribution in [2.45, 2.75) is 106 Å². The summed E-state index contributed by atoms with van der Waals surface area (Å²) in [5, 5.41) is 15.4. The van der Waals surface area contributed by atoms with Gasteiger partial charge in [-0.15, -0.1) is 0 Å². The third kappa shape index (κ3) is 18.4. The number of nitrogens with zero attached hydrogens (tertiary/aromatic N) is 11. The van der Waals surface area contributed by atoms with E-state index in [1.807, 2.05) is 93.0 Å². The molecule has 0 radical (unpaired) electrons. The summed E-state index contributed by atoms with van der Waals surface area (Å²) in [6.45, 7) is 11.2. The Kier molecular flexibility index (Phi) is 25.3. The number of ether oxygens (including phenoxy) is 6. The molecule has 516 valence electrons. The van der Waals surface area contributed by atoms with E-state index >= 15 is 0 Å². The summed E-state index contributed by atoms with van der Waals surface area (Å²) in [6.07, 6.45) is 12.8. The highest BCUT2D eigenvalue weighted by atomic mass is 79.9. The molecule has 0 spiro atoms. The number of halogens is 7. The topological polar surface area (TPSA) is 240 Å². The minimum absolute atomic E-state index is 0. The van der Waals surface area contributed by atoms with E-state index in [1.165, 1.54) is 40.6 Å². The maximum Gasteiger partial charge on any atom is 0.389 e. The van der Waals surface area contributed by atoms with Crippen molar-refractivity contribution in [1.29, 1.82) is 0 Å². The van der Waals surface area contributed by atoms with Gasteiger partial charge in [0.15, 0.2) is 22.6 Å². The van der Waals surface area contributed by atoms with E-state index in [2.05, 4.69) is 51.3 Å². The van der Waals surface area contributed by atoms with Gasteiger partial charge in [-0.05, 0) is 119 Å². The number of esters is 2. The summed E-state index contributed by atoms with van der Waals surface area (Å²) in [7, 11) is 5.34. The SMILES string of the molecule is C.C.CCOC(=O)C(C)(C)n1cc(-c2ccn3c(-c4cc(OC)c(C(=O)CCC(F)(F)F)c(OC)c4)cnc3c2)cn1.CCOC(=O)C(C)(C)n1cc(-c2ccn3ccnc3c2)cn1.COc1cc(Br)cc(OC)c1C(=O)CCC(F)(F)F.c1cn2ccc(-c3cn[nH]c3)cc2n1. The van der Waals surface area contributed by atoms with Gasteiger partial charge in [0.05, 0.1) is 85.0 Å². The van der Waals surface area contributed by atoms with Crippen LogP contribution >= 0.6 is 15.9 Å². The zero-order valence-corrected chi connectivity index (χ0v) is 54.8. The molecule has 0 fully saturated rings. The molecule has 29 heteroatoms. The Morgan fingerprint density at radius 1 is 0.505 bits per heavy atom. The van der Waals surface area contributed by atoms with E-state index in [9.17, 15) is 45.5 Å². The molecule has 0 unspecified atom stereocenters. The van der Waals surface area contributed by atoms with Gasteiger partial charge in [0.2, 0.25) is 0 Å². The lowest BCUT2D eigenvalue weighted by Gasteiger charge is -2.22. The zero-order valence-electron chi connectivity index (χ0n) is 53.2. The number of ketones is 2. The first-order valence-corrected chi connectivity index (χ1v) is 30.1. The van der Waals surface area contributed by atoms with E-state index in [0.717, 1.165) is 44.7 Å². The van der Waals surface area contributed by atoms with E-state index < -0.39 is 66.6 Å². The first kappa shape index (κ1) is 75.7. The molecule has 97 heavy (non-hydrogen) atoms. The normalized spacial score (nSPS) is 11.4. The lowest BCUT2D eigenvalue weighted by Crippen LogP contribution is -2.37. The van der Waals surface area contributed by atoms with E-state index in [-0.39, 0.29) is 61.6 Å². The number of nitrogens with one attached hydrogen (secondary N) is 1. The van der Waals surface area contributed by atoms with Crippen LogP contribution in [0.15, 0.2) is 152 Å². The van der Waals surface area contributed by atoms with Gasteiger partial charge in [-0.3, -0.25) is 28.5 Å². The fourth-order valence-corrected chi connectivity index (χ4v) is 9.99. The second-order valence-electron chi connectivity index (χ2n) is 21.9. The van der Waals surface area contributed by atoms with Crippen LogP contribution in [-0.4, -0.2) is 135 Å². The molecular weight excluding hydrogens is 1340 g/mol. The fraction of sp³-hybridized carbons (Fsp3) is 0.324. The average Bonchev–Trinajstić information content (AvgIpc) is 1.14. The highest BCUT2D eigenvalue weighted by Crippen LogP contribution is 2.39. The quantitative estimate of drug-likeness (QED) is 0.0424. The number of benzene rings is 2. The van der Waals surface area contributed by atoms with Crippen LogP contribution in [0.5, 0.6) is 23.0 Å². The van der Waals surface area contributed by atoms with Crippen LogP contribution in [0.25, 0.3) is 61.6 Å². The maximum atomic E-state index is 12.7. The molecule has 22 nitrogen and oxygen atoms in total. The Hall–Kier alpha value is -10.3. The number of H-pyrrole nitrogens is 1. The van der Waals surface area contributed by atoms with Crippen LogP contribution in [-0.2, 0) is 30.1 Å². The Labute approximate surface area is 563 Å². The molecule has 11 aromatic rings. The lowest BCUT2D eigenvalue weighted by molar-refractivity contribution is -0.153. The van der Waals surface area contributed by atoms with Crippen molar-refractivity contribution < 1.29 is 73.9 Å². The molecule has 9 aromatic heterocycles. The van der Waals surface area contributed by atoms with Gasteiger partial charge in [0.25, 0.3) is 0 Å². The Balaban J connectivity index is 0.000000220. The van der Waals surface area contributed by atoms with E-state index in [1.54, 1.807) is 106 Å². The predicted octanol–water partition coefficient (Wildman–Crippen LogP) is 15.2. The van der Waals surface area contributed by atoms with Crippen LogP contribution in [0.1, 0.15) is 103 Å². The van der Waals surface area contributed by atoms with Crippen molar-refractivity contribution in [3.8, 4) is 67.6 Å². The number of methoxy groups -OCH3 is 4. The number of Topliss-reactive ketones (excluding diaryl/α,β-unsaturated/α-hetero) is 2. The Morgan fingerprint density at radius 2 is 0.918 bits per heavy atom. The van der Waals surface area contributed by atoms with Gasteiger partial charge in [0.1, 0.15) is 51.1 Å². The van der Waals surface area contributed by atoms with Gasteiger partial charge < -0.3 is 37.2 Å². The van der Waals surface area contributed by atoms with Crippen LogP contribution in [0.4, 0.5) is 26.3 Å². The van der Waals surface area contributed by atoms with Crippen molar-refractivity contribution in [2.24, 2.45) is 0 Å². The third-order valence-corrected chi connectivity index (χ3v) is 15.2. The van der Waals surface area contributed by atoms with E-state index in [0.29, 0.717) is 28.0 Å². The molecule has 1 N–H and O–H groups in total. The number of aromatic nitrogens is 12. The minimum atomic E-state index is -4.46. The first-order chi connectivity index (χ1) is 45.1. The van der Waals surface area contributed by atoms with Crippen molar-refractivity contribution in [3.05, 3.63) is 163 Å². The third-order valence-electron chi connectivity index (χ3n) is 14.8. The number of aromatic amines is 1. The molecule has 2 aromatic carbocycles. The monoisotopic (exact) mass is 1410 g/mol. The molecule has 0 aliphatic carbocycles. The number of alkyl halides is 6. The van der Waals surface area contributed by atoms with Crippen molar-refractivity contribution >= 4 is 56.4 Å². The second kappa shape index (κ2) is 32.4. The predicted molar refractivity (Wildman–Crippen MR) is 356 cm³/mol. The maximum absolute atomic E-state index is 12.7. The summed E-state index contributed by atoms with van der Waals surface area (Å²) in [4.78, 5) is 62.0. The van der Waals surface area contributed by atoms with Crippen LogP contribution in [0.2, 0.25) is 0 Å². The summed E-state index contributed by atoms with van der Waals surface area (Å²) >= 11 is 3.20. The number of imidazole rings is 3. The summed E-state index contributed by atoms with van der Waals surface area (Å²) in [5.41, 5.74) is 7.53. The van der Waals surface area contributed by atoms with Crippen LogP contribution in [0.3, 0.4) is 0 Å². The number of pyridine rings is 3. The van der Waals surface area contributed by atoms with Gasteiger partial charge in [0, 0.05) is 102 Å². The summed E-state index contributed by atoms with van der Waals surface area (Å²) in [5.74, 6) is -1.53. The standard InChI is InChI=1S/C28H29F3N4O5.C16H18N4O2.C12H12BrF3O3.C10H8N4.2CH4/c1-6-40-26(37)27(2,3)35-16-19(14-33-35)17-8-10-34-20(15-32-24(34)13-17)18-11-22(38-4)25(23(12-18)39-5)21(36)7-9-28(29,30)31;1-4-22-15(21)16(2,3)20-11-13(10-18-20)12-5-7-19-8-6-17-14(19)9-12;1-18-9-5-7(13)6-10(19-2)11(9)8(17)3-4-12(14,15)16;1-3-14-4-2-11-10(14)5-8(1)9-6-12-13-7-9;;/h8,10-16H,6-7,9H2,1-5H3;5-11H,4H2,1-3H3;5-6H,3-4H2,1-2H3;1-7H,(H,12,13);2*1H4. The lowest BCUT2D eigenvalue weighted by atomic mass is 10.0. The molecule has 0 saturated heterocycles. The van der Waals surface area contributed by atoms with Crippen molar-refractivity contribution in [2.75, 3.05) is 41.7 Å². The zero-order chi connectivity index (χ0) is 69.0. The molecule has 0 aliphatic rings. The molecule has 9 heterocycles. The van der Waals surface area contributed by atoms with Gasteiger partial charge in [-0.2, -0.15) is 41.6 Å². The molecule has 0 atom stereocenters. The number of carbonyl (C=O) groups is 4. The highest BCUT2D eigenvalue weighted by molar-refractivity contribution is 9.10. The summed E-state index contributed by atoms with van der Waals surface area (Å²) < 4.78 is 115. The Bertz CT molecular complexity index is 4420. The summed E-state index contributed by atoms with van der Waals surface area (Å²) in [6, 6.07) is 17.9. The van der Waals surface area contributed by atoms with Crippen LogP contribution < -0.4 is 18.9 Å². The van der Waals surface area contributed by atoms with Gasteiger partial charge >= 0.3 is 24.3 Å². The fourth-order valence-electron chi connectivity index (χ4n) is 9.57. The highest BCUT2D eigenvalue weighted by Gasteiger charge is 2.35. The number of hydrogen-bond donors (Lipinski definition) is 1. The number of hydrogen-bond acceptors (Lipinski definition) is 16. The Morgan fingerprint density at radius 3 is 1.32 bits per heavy atom. The number of carbonyl (C=O) groups excluding carboxylic acids is 4. The molecular formula is C68H75BrF6N12O10. The van der Waals surface area contributed by atoms with Gasteiger partial charge in [-0.1, -0.05) is 30.8 Å². The number of rotatable bonds is 20. The van der Waals surface area contributed by atoms with Crippen LogP contribution in [0, 0.1) is 0 Å². The number of fused-ring (bicyclic) bond motifs is 3. The smallest absolute Gasteiger partial charge is 0.389 e.